The molecule has 0 bridgehead atoms. The first-order valence-electron chi connectivity index (χ1n) is 4.43. The molecule has 0 aromatic carbocycles. The Morgan fingerprint density at radius 3 is 2.71 bits per heavy atom. The second kappa shape index (κ2) is 4.25. The van der Waals surface area contributed by atoms with E-state index in [0.717, 1.165) is 4.88 Å². The van der Waals surface area contributed by atoms with Crippen molar-refractivity contribution in [2.24, 2.45) is 5.92 Å². The molecule has 0 spiro atoms. The maximum Gasteiger partial charge on any atom is 0.180 e. The van der Waals surface area contributed by atoms with Crippen LogP contribution in [0, 0.1) is 5.92 Å². The van der Waals surface area contributed by atoms with Crippen LogP contribution in [0.25, 0.3) is 0 Å². The fraction of sp³-hybridized carbons (Fsp3) is 0.667. The van der Waals surface area contributed by atoms with Gasteiger partial charge in [-0.05, 0) is 5.92 Å². The number of aliphatic hydroxyl groups is 1. The van der Waals surface area contributed by atoms with Crippen LogP contribution in [-0.2, 0) is 10.3 Å². The minimum Gasteiger partial charge on any atom is -0.382 e. The van der Waals surface area contributed by atoms with Crippen LogP contribution in [0.2, 0.25) is 0 Å². The second-order valence-corrected chi connectivity index (χ2v) is 4.64. The molecule has 1 aromatic heterocycles. The second-order valence-electron chi connectivity index (χ2n) is 3.57. The number of nitrogens with zero attached hydrogens (tertiary/aromatic N) is 1. The summed E-state index contributed by atoms with van der Waals surface area (Å²) in [5, 5.41) is 10.8. The van der Waals surface area contributed by atoms with E-state index in [1.54, 1.807) is 13.3 Å². The van der Waals surface area contributed by atoms with Crippen molar-refractivity contribution in [3.63, 3.8) is 0 Å². The van der Waals surface area contributed by atoms with Gasteiger partial charge in [-0.3, -0.25) is 0 Å². The maximum atomic E-state index is 10.4. The molecule has 14 heavy (non-hydrogen) atoms. The van der Waals surface area contributed by atoms with Crippen LogP contribution in [0.4, 0.5) is 5.13 Å². The normalized spacial score (nSPS) is 15.8. The standard InChI is InChI=1S/C9H16N2O2S/c1-6(2)9(12,5-13-3)7-4-11-8(10)14-7/h4,6,12H,5H2,1-3H3,(H2,10,11). The fourth-order valence-corrected chi connectivity index (χ4v) is 2.14. The topological polar surface area (TPSA) is 68.4 Å². The number of nitrogens with two attached hydrogens (primary N) is 1. The van der Waals surface area contributed by atoms with E-state index in [1.165, 1.54) is 11.3 Å². The third-order valence-corrected chi connectivity index (χ3v) is 3.26. The molecule has 1 aromatic rings. The zero-order valence-corrected chi connectivity index (χ0v) is 9.47. The largest absolute Gasteiger partial charge is 0.382 e. The first-order chi connectivity index (χ1) is 6.50. The minimum atomic E-state index is -0.982. The van der Waals surface area contributed by atoms with Gasteiger partial charge in [-0.25, -0.2) is 4.98 Å². The summed E-state index contributed by atoms with van der Waals surface area (Å²) in [6.45, 7) is 4.14. The van der Waals surface area contributed by atoms with E-state index in [9.17, 15) is 5.11 Å². The number of rotatable bonds is 4. The van der Waals surface area contributed by atoms with Crippen LogP contribution >= 0.6 is 11.3 Å². The molecule has 0 aliphatic heterocycles. The van der Waals surface area contributed by atoms with Crippen molar-refractivity contribution in [2.75, 3.05) is 19.5 Å². The monoisotopic (exact) mass is 216 g/mol. The van der Waals surface area contributed by atoms with Crippen LogP contribution in [0.5, 0.6) is 0 Å². The van der Waals surface area contributed by atoms with E-state index in [1.807, 2.05) is 13.8 Å². The highest BCUT2D eigenvalue weighted by Crippen LogP contribution is 2.34. The molecule has 1 rings (SSSR count). The van der Waals surface area contributed by atoms with E-state index in [0.29, 0.717) is 5.13 Å². The zero-order chi connectivity index (χ0) is 10.8. The number of hydrogen-bond acceptors (Lipinski definition) is 5. The third-order valence-electron chi connectivity index (χ3n) is 2.27. The first kappa shape index (κ1) is 11.4. The number of thiazole rings is 1. The number of anilines is 1. The van der Waals surface area contributed by atoms with Crippen LogP contribution in [0.1, 0.15) is 18.7 Å². The zero-order valence-electron chi connectivity index (χ0n) is 8.65. The van der Waals surface area contributed by atoms with Crippen molar-refractivity contribution in [1.29, 1.82) is 0 Å². The molecule has 1 atom stereocenters. The number of methoxy groups -OCH3 is 1. The highest BCUT2D eigenvalue weighted by Gasteiger charge is 2.35. The molecule has 0 amide bonds. The number of ether oxygens (including phenoxy) is 1. The highest BCUT2D eigenvalue weighted by atomic mass is 32.1. The lowest BCUT2D eigenvalue weighted by molar-refractivity contribution is -0.0674. The van der Waals surface area contributed by atoms with Gasteiger partial charge in [-0.15, -0.1) is 0 Å². The smallest absolute Gasteiger partial charge is 0.180 e. The van der Waals surface area contributed by atoms with Gasteiger partial charge >= 0.3 is 0 Å². The molecule has 1 unspecified atom stereocenters. The molecule has 3 N–H and O–H groups in total. The van der Waals surface area contributed by atoms with E-state index >= 15 is 0 Å². The van der Waals surface area contributed by atoms with E-state index in [2.05, 4.69) is 4.98 Å². The Balaban J connectivity index is 2.98. The van der Waals surface area contributed by atoms with E-state index in [4.69, 9.17) is 10.5 Å². The van der Waals surface area contributed by atoms with E-state index in [-0.39, 0.29) is 12.5 Å². The summed E-state index contributed by atoms with van der Waals surface area (Å²) in [5.74, 6) is 0.0577. The lowest BCUT2D eigenvalue weighted by atomic mass is 9.90. The molecule has 0 saturated carbocycles. The van der Waals surface area contributed by atoms with Crippen LogP contribution in [-0.4, -0.2) is 23.8 Å². The Kier molecular flexibility index (Phi) is 3.47. The summed E-state index contributed by atoms with van der Waals surface area (Å²) in [4.78, 5) is 4.68. The summed E-state index contributed by atoms with van der Waals surface area (Å²) in [6, 6.07) is 0. The predicted molar refractivity (Wildman–Crippen MR) is 57.1 cm³/mol. The molecule has 80 valence electrons. The molecule has 0 saturated heterocycles. The molecule has 0 fully saturated rings. The van der Waals surface area contributed by atoms with Crippen molar-refractivity contribution >= 4 is 16.5 Å². The Bertz CT molecular complexity index is 301. The average molecular weight is 216 g/mol. The van der Waals surface area contributed by atoms with Gasteiger partial charge in [0.05, 0.1) is 11.5 Å². The highest BCUT2D eigenvalue weighted by molar-refractivity contribution is 7.15. The lowest BCUT2D eigenvalue weighted by Crippen LogP contribution is -2.36. The molecule has 0 radical (unpaired) electrons. The van der Waals surface area contributed by atoms with Crippen molar-refractivity contribution in [2.45, 2.75) is 19.4 Å². The molecule has 5 heteroatoms. The number of hydrogen-bond donors (Lipinski definition) is 2. The van der Waals surface area contributed by atoms with E-state index < -0.39 is 5.60 Å². The van der Waals surface area contributed by atoms with Gasteiger partial charge in [0.1, 0.15) is 5.60 Å². The van der Waals surface area contributed by atoms with Crippen LogP contribution in [0.15, 0.2) is 6.20 Å². The first-order valence-corrected chi connectivity index (χ1v) is 5.25. The lowest BCUT2D eigenvalue weighted by Gasteiger charge is -2.29. The maximum absolute atomic E-state index is 10.4. The van der Waals surface area contributed by atoms with Crippen molar-refractivity contribution in [3.05, 3.63) is 11.1 Å². The van der Waals surface area contributed by atoms with Crippen LogP contribution < -0.4 is 5.73 Å². The quantitative estimate of drug-likeness (QED) is 0.794. The van der Waals surface area contributed by atoms with Gasteiger partial charge in [0.15, 0.2) is 5.13 Å². The Labute approximate surface area is 87.7 Å². The fourth-order valence-electron chi connectivity index (χ4n) is 1.23. The molecular formula is C9H16N2O2S. The van der Waals surface area contributed by atoms with Gasteiger partial charge in [0, 0.05) is 13.3 Å². The molecular weight excluding hydrogens is 200 g/mol. The summed E-state index contributed by atoms with van der Waals surface area (Å²) in [7, 11) is 1.57. The summed E-state index contributed by atoms with van der Waals surface area (Å²) >= 11 is 1.30. The molecule has 4 nitrogen and oxygen atoms in total. The van der Waals surface area contributed by atoms with Crippen molar-refractivity contribution in [3.8, 4) is 0 Å². The minimum absolute atomic E-state index is 0.0577. The Morgan fingerprint density at radius 2 is 2.36 bits per heavy atom. The molecule has 1 heterocycles. The summed E-state index contributed by atoms with van der Waals surface area (Å²) in [6.07, 6.45) is 1.61. The predicted octanol–water partition coefficient (Wildman–Crippen LogP) is 1.22. The average Bonchev–Trinajstić information content (AvgIpc) is 2.52. The summed E-state index contributed by atoms with van der Waals surface area (Å²) in [5.41, 5.74) is 4.54. The number of nitrogen functional groups attached to an aromatic ring is 1. The molecule has 0 aliphatic rings. The van der Waals surface area contributed by atoms with Gasteiger partial charge in [0.2, 0.25) is 0 Å². The van der Waals surface area contributed by atoms with Crippen molar-refractivity contribution < 1.29 is 9.84 Å². The molecule has 0 aliphatic carbocycles. The van der Waals surface area contributed by atoms with Crippen molar-refractivity contribution in [1.82, 2.24) is 4.98 Å². The SMILES string of the molecule is COCC(O)(c1cnc(N)s1)C(C)C. The van der Waals surface area contributed by atoms with Gasteiger partial charge in [-0.1, -0.05) is 25.2 Å². The number of aromatic nitrogens is 1. The van der Waals surface area contributed by atoms with Crippen LogP contribution in [0.3, 0.4) is 0 Å². The van der Waals surface area contributed by atoms with Gasteiger partial charge < -0.3 is 15.6 Å². The van der Waals surface area contributed by atoms with Gasteiger partial charge in [0.25, 0.3) is 0 Å². The Hall–Kier alpha value is -0.650. The summed E-state index contributed by atoms with van der Waals surface area (Å²) < 4.78 is 5.02. The Morgan fingerprint density at radius 1 is 1.71 bits per heavy atom. The van der Waals surface area contributed by atoms with Gasteiger partial charge in [-0.2, -0.15) is 0 Å². The third kappa shape index (κ3) is 2.05.